The van der Waals surface area contributed by atoms with Gasteiger partial charge >= 0.3 is 0 Å². The summed E-state index contributed by atoms with van der Waals surface area (Å²) in [6.45, 7) is 0.624. The Morgan fingerprint density at radius 3 is 2.60 bits per heavy atom. The van der Waals surface area contributed by atoms with E-state index in [1.807, 2.05) is 36.2 Å². The average Bonchev–Trinajstić information content (AvgIpc) is 2.45. The van der Waals surface area contributed by atoms with Crippen LogP contribution < -0.4 is 15.2 Å². The van der Waals surface area contributed by atoms with E-state index in [0.29, 0.717) is 12.2 Å². The van der Waals surface area contributed by atoms with Gasteiger partial charge in [-0.3, -0.25) is 4.79 Å². The lowest BCUT2D eigenvalue weighted by Crippen LogP contribution is -2.25. The molecule has 0 amide bonds. The second-order valence-electron chi connectivity index (χ2n) is 4.48. The maximum Gasteiger partial charge on any atom is 0.287 e. The first-order valence-electron chi connectivity index (χ1n) is 6.09. The summed E-state index contributed by atoms with van der Waals surface area (Å²) in [5, 5.41) is 4.17. The molecule has 2 aromatic rings. The topological polar surface area (TPSA) is 47.4 Å². The number of aromatic nitrogens is 2. The Kier molecular flexibility index (Phi) is 4.29. The fraction of sp³-hybridized carbons (Fsp3) is 0.286. The quantitative estimate of drug-likeness (QED) is 0.866. The van der Waals surface area contributed by atoms with Crippen LogP contribution in [0, 0.1) is 0 Å². The first kappa shape index (κ1) is 14.4. The van der Waals surface area contributed by atoms with Gasteiger partial charge in [-0.25, -0.2) is 4.68 Å². The number of rotatable bonds is 4. The van der Waals surface area contributed by atoms with Gasteiger partial charge in [-0.05, 0) is 17.7 Å². The van der Waals surface area contributed by atoms with Gasteiger partial charge in [0.05, 0.1) is 19.0 Å². The zero-order valence-corrected chi connectivity index (χ0v) is 12.4. The summed E-state index contributed by atoms with van der Waals surface area (Å²) >= 11 is 6.07. The second-order valence-corrected chi connectivity index (χ2v) is 4.85. The van der Waals surface area contributed by atoms with Crippen LogP contribution in [-0.4, -0.2) is 23.9 Å². The molecule has 0 N–H and O–H groups in total. The Bertz CT molecular complexity index is 652. The molecule has 20 heavy (non-hydrogen) atoms. The highest BCUT2D eigenvalue weighted by molar-refractivity contribution is 6.32. The van der Waals surface area contributed by atoms with Crippen LogP contribution in [0.15, 0.2) is 35.3 Å². The van der Waals surface area contributed by atoms with E-state index in [9.17, 15) is 4.79 Å². The first-order chi connectivity index (χ1) is 9.52. The Morgan fingerprint density at radius 1 is 1.35 bits per heavy atom. The zero-order valence-electron chi connectivity index (χ0n) is 11.6. The highest BCUT2D eigenvalue weighted by atomic mass is 35.5. The molecule has 0 saturated carbocycles. The third kappa shape index (κ3) is 2.93. The maximum absolute atomic E-state index is 11.8. The molecule has 0 spiro atoms. The van der Waals surface area contributed by atoms with E-state index in [2.05, 4.69) is 5.10 Å². The summed E-state index contributed by atoms with van der Waals surface area (Å²) in [6, 6.07) is 7.73. The zero-order chi connectivity index (χ0) is 14.7. The molecule has 0 aliphatic carbocycles. The third-order valence-corrected chi connectivity index (χ3v) is 3.41. The molecule has 5 nitrogen and oxygen atoms in total. The van der Waals surface area contributed by atoms with Gasteiger partial charge in [0.1, 0.15) is 10.8 Å². The molecule has 2 rings (SSSR count). The van der Waals surface area contributed by atoms with Crippen molar-refractivity contribution in [2.75, 3.05) is 19.1 Å². The van der Waals surface area contributed by atoms with Gasteiger partial charge in [0.25, 0.3) is 5.56 Å². The number of hydrogen-bond acceptors (Lipinski definition) is 4. The minimum atomic E-state index is -0.300. The molecule has 0 bridgehead atoms. The average molecular weight is 294 g/mol. The molecule has 0 aliphatic rings. The molecule has 0 unspecified atom stereocenters. The number of hydrogen-bond donors (Lipinski definition) is 0. The standard InChI is InChI=1S/C14H16ClN3O2/c1-17(9-10-4-6-11(20-3)7-5-10)12-8-16-18(2)14(19)13(12)15/h4-8H,9H2,1-3H3. The SMILES string of the molecule is COc1ccc(CN(C)c2cnn(C)c(=O)c2Cl)cc1. The number of methoxy groups -OCH3 is 1. The van der Waals surface area contributed by atoms with Gasteiger partial charge in [-0.1, -0.05) is 23.7 Å². The minimum Gasteiger partial charge on any atom is -0.497 e. The summed E-state index contributed by atoms with van der Waals surface area (Å²) in [5.41, 5.74) is 1.40. The molecule has 0 radical (unpaired) electrons. The molecule has 0 saturated heterocycles. The largest absolute Gasteiger partial charge is 0.497 e. The van der Waals surface area contributed by atoms with Crippen molar-refractivity contribution in [1.29, 1.82) is 0 Å². The molecular weight excluding hydrogens is 278 g/mol. The summed E-state index contributed by atoms with van der Waals surface area (Å²) in [6.07, 6.45) is 1.59. The van der Waals surface area contributed by atoms with Crippen LogP contribution >= 0.6 is 11.6 Å². The number of halogens is 1. The number of aryl methyl sites for hydroxylation is 1. The predicted molar refractivity (Wildman–Crippen MR) is 79.6 cm³/mol. The fourth-order valence-electron chi connectivity index (χ4n) is 1.86. The molecule has 0 aliphatic heterocycles. The maximum atomic E-state index is 11.8. The molecule has 1 aromatic carbocycles. The number of nitrogens with zero attached hydrogens (tertiary/aromatic N) is 3. The van der Waals surface area contributed by atoms with Crippen molar-refractivity contribution < 1.29 is 4.74 Å². The van der Waals surface area contributed by atoms with Crippen molar-refractivity contribution in [1.82, 2.24) is 9.78 Å². The Balaban J connectivity index is 2.21. The highest BCUT2D eigenvalue weighted by Gasteiger charge is 2.11. The Labute approximate surface area is 122 Å². The van der Waals surface area contributed by atoms with E-state index in [1.165, 1.54) is 4.68 Å². The van der Waals surface area contributed by atoms with E-state index in [-0.39, 0.29) is 10.6 Å². The summed E-state index contributed by atoms with van der Waals surface area (Å²) in [5.74, 6) is 0.810. The molecular formula is C14H16ClN3O2. The molecule has 0 fully saturated rings. The van der Waals surface area contributed by atoms with Gasteiger partial charge in [0.2, 0.25) is 0 Å². The van der Waals surface area contributed by atoms with Crippen LogP contribution in [0.4, 0.5) is 5.69 Å². The van der Waals surface area contributed by atoms with Gasteiger partial charge < -0.3 is 9.64 Å². The summed E-state index contributed by atoms with van der Waals surface area (Å²) < 4.78 is 6.33. The van der Waals surface area contributed by atoms with E-state index in [1.54, 1.807) is 20.4 Å². The fourth-order valence-corrected chi connectivity index (χ4v) is 2.17. The van der Waals surface area contributed by atoms with E-state index in [4.69, 9.17) is 16.3 Å². The smallest absolute Gasteiger partial charge is 0.287 e. The number of benzene rings is 1. The van der Waals surface area contributed by atoms with Crippen LogP contribution in [0.2, 0.25) is 5.02 Å². The van der Waals surface area contributed by atoms with Gasteiger partial charge in [-0.15, -0.1) is 0 Å². The van der Waals surface area contributed by atoms with Crippen molar-refractivity contribution in [3.63, 3.8) is 0 Å². The molecule has 1 aromatic heterocycles. The predicted octanol–water partition coefficient (Wildman–Crippen LogP) is 2.08. The lowest BCUT2D eigenvalue weighted by Gasteiger charge is -2.20. The van der Waals surface area contributed by atoms with Gasteiger partial charge in [0.15, 0.2) is 0 Å². The molecule has 0 atom stereocenters. The third-order valence-electron chi connectivity index (χ3n) is 3.05. The normalized spacial score (nSPS) is 10.4. The monoisotopic (exact) mass is 293 g/mol. The van der Waals surface area contributed by atoms with E-state index < -0.39 is 0 Å². The van der Waals surface area contributed by atoms with Crippen LogP contribution in [0.25, 0.3) is 0 Å². The van der Waals surface area contributed by atoms with Gasteiger partial charge in [0, 0.05) is 20.6 Å². The van der Waals surface area contributed by atoms with E-state index >= 15 is 0 Å². The summed E-state index contributed by atoms with van der Waals surface area (Å²) in [4.78, 5) is 13.6. The molecule has 6 heteroatoms. The van der Waals surface area contributed by atoms with Crippen LogP contribution in [0.3, 0.4) is 0 Å². The number of anilines is 1. The lowest BCUT2D eigenvalue weighted by molar-refractivity contribution is 0.414. The molecule has 1 heterocycles. The van der Waals surface area contributed by atoms with Crippen LogP contribution in [0.1, 0.15) is 5.56 Å². The van der Waals surface area contributed by atoms with E-state index in [0.717, 1.165) is 11.3 Å². The van der Waals surface area contributed by atoms with Crippen molar-refractivity contribution in [3.05, 3.63) is 51.4 Å². The van der Waals surface area contributed by atoms with Crippen molar-refractivity contribution in [2.45, 2.75) is 6.54 Å². The van der Waals surface area contributed by atoms with Crippen LogP contribution in [0.5, 0.6) is 5.75 Å². The number of ether oxygens (including phenoxy) is 1. The summed E-state index contributed by atoms with van der Waals surface area (Å²) in [7, 11) is 5.07. The minimum absolute atomic E-state index is 0.179. The van der Waals surface area contributed by atoms with Crippen molar-refractivity contribution >= 4 is 17.3 Å². The Hall–Kier alpha value is -2.01. The van der Waals surface area contributed by atoms with Crippen molar-refractivity contribution in [2.24, 2.45) is 7.05 Å². The lowest BCUT2D eigenvalue weighted by atomic mass is 10.2. The van der Waals surface area contributed by atoms with Crippen LogP contribution in [-0.2, 0) is 13.6 Å². The molecule has 106 valence electrons. The second kappa shape index (κ2) is 5.96. The Morgan fingerprint density at radius 2 is 2.00 bits per heavy atom. The first-order valence-corrected chi connectivity index (χ1v) is 6.46. The van der Waals surface area contributed by atoms with Crippen molar-refractivity contribution in [3.8, 4) is 5.75 Å². The van der Waals surface area contributed by atoms with Gasteiger partial charge in [-0.2, -0.15) is 5.10 Å². The highest BCUT2D eigenvalue weighted by Crippen LogP contribution is 2.22.